The predicted octanol–water partition coefficient (Wildman–Crippen LogP) is 1.99. The van der Waals surface area contributed by atoms with E-state index in [1.807, 2.05) is 6.07 Å². The quantitative estimate of drug-likeness (QED) is 0.821. The number of hydrogen-bond acceptors (Lipinski definition) is 3. The molecule has 1 atom stereocenters. The Bertz CT molecular complexity index is 251. The molecule has 0 bridgehead atoms. The first-order chi connectivity index (χ1) is 6.74. The van der Waals surface area contributed by atoms with Crippen LogP contribution in [0.2, 0.25) is 0 Å². The van der Waals surface area contributed by atoms with E-state index in [4.69, 9.17) is 0 Å². The van der Waals surface area contributed by atoms with E-state index in [0.717, 1.165) is 17.7 Å². The summed E-state index contributed by atoms with van der Waals surface area (Å²) in [6.07, 6.45) is 3.53. The number of nitrogens with zero attached hydrogens (tertiary/aromatic N) is 2. The van der Waals surface area contributed by atoms with Crippen LogP contribution in [0, 0.1) is 5.92 Å². The molecule has 1 heterocycles. The molecule has 0 amide bonds. The normalized spacial score (nSPS) is 13.1. The van der Waals surface area contributed by atoms with E-state index in [9.17, 15) is 0 Å². The lowest BCUT2D eigenvalue weighted by atomic mass is 10.1. The van der Waals surface area contributed by atoms with Gasteiger partial charge in [-0.05, 0) is 12.0 Å². The summed E-state index contributed by atoms with van der Waals surface area (Å²) in [4.78, 5) is 8.31. The standard InChI is InChI=1S/C10H16BrN3/c1-8(2)9(6-11)14-7-10-12-4-3-5-13-10/h3-5,8-9,14H,6-7H2,1-2H3. The zero-order valence-corrected chi connectivity index (χ0v) is 10.2. The first-order valence-electron chi connectivity index (χ1n) is 4.79. The van der Waals surface area contributed by atoms with Crippen LogP contribution in [0.1, 0.15) is 19.7 Å². The second-order valence-electron chi connectivity index (χ2n) is 3.55. The highest BCUT2D eigenvalue weighted by molar-refractivity contribution is 9.09. The molecule has 0 saturated heterocycles. The van der Waals surface area contributed by atoms with Gasteiger partial charge in [-0.15, -0.1) is 0 Å². The van der Waals surface area contributed by atoms with Crippen molar-refractivity contribution in [3.8, 4) is 0 Å². The Balaban J connectivity index is 2.40. The number of aromatic nitrogens is 2. The SMILES string of the molecule is CC(C)C(CBr)NCc1ncccn1. The number of nitrogens with one attached hydrogen (secondary N) is 1. The highest BCUT2D eigenvalue weighted by Gasteiger charge is 2.10. The molecule has 1 aromatic heterocycles. The smallest absolute Gasteiger partial charge is 0.141 e. The average molecular weight is 258 g/mol. The molecule has 0 aliphatic carbocycles. The zero-order valence-electron chi connectivity index (χ0n) is 8.57. The van der Waals surface area contributed by atoms with Gasteiger partial charge in [0.2, 0.25) is 0 Å². The Morgan fingerprint density at radius 3 is 2.50 bits per heavy atom. The molecule has 1 N–H and O–H groups in total. The maximum absolute atomic E-state index is 4.16. The Morgan fingerprint density at radius 1 is 1.36 bits per heavy atom. The van der Waals surface area contributed by atoms with Crippen molar-refractivity contribution >= 4 is 15.9 Å². The molecule has 0 radical (unpaired) electrons. The van der Waals surface area contributed by atoms with Gasteiger partial charge in [-0.3, -0.25) is 0 Å². The average Bonchev–Trinajstić information content (AvgIpc) is 2.20. The third-order valence-corrected chi connectivity index (χ3v) is 2.81. The fourth-order valence-corrected chi connectivity index (χ4v) is 2.09. The van der Waals surface area contributed by atoms with Gasteiger partial charge < -0.3 is 5.32 Å². The first kappa shape index (κ1) is 11.6. The highest BCUT2D eigenvalue weighted by atomic mass is 79.9. The zero-order chi connectivity index (χ0) is 10.4. The molecule has 4 heteroatoms. The van der Waals surface area contributed by atoms with Crippen molar-refractivity contribution in [2.24, 2.45) is 5.92 Å². The van der Waals surface area contributed by atoms with Crippen LogP contribution in [0.15, 0.2) is 18.5 Å². The molecule has 0 aliphatic heterocycles. The topological polar surface area (TPSA) is 37.8 Å². The van der Waals surface area contributed by atoms with Gasteiger partial charge in [-0.25, -0.2) is 9.97 Å². The Morgan fingerprint density at radius 2 is 2.00 bits per heavy atom. The molecule has 0 aliphatic rings. The van der Waals surface area contributed by atoms with Crippen LogP contribution in [-0.2, 0) is 6.54 Å². The Labute approximate surface area is 93.5 Å². The van der Waals surface area contributed by atoms with Crippen LogP contribution in [0.5, 0.6) is 0 Å². The second-order valence-corrected chi connectivity index (χ2v) is 4.20. The molecule has 0 fully saturated rings. The Hall–Kier alpha value is -0.480. The van der Waals surface area contributed by atoms with Gasteiger partial charge in [0.25, 0.3) is 0 Å². The van der Waals surface area contributed by atoms with Crippen LogP contribution >= 0.6 is 15.9 Å². The maximum atomic E-state index is 4.16. The van der Waals surface area contributed by atoms with E-state index in [1.54, 1.807) is 12.4 Å². The molecular formula is C10H16BrN3. The van der Waals surface area contributed by atoms with Gasteiger partial charge in [0.05, 0.1) is 6.54 Å². The van der Waals surface area contributed by atoms with Gasteiger partial charge in [0.15, 0.2) is 0 Å². The van der Waals surface area contributed by atoms with Crippen molar-refractivity contribution in [2.45, 2.75) is 26.4 Å². The molecule has 78 valence electrons. The molecule has 1 aromatic rings. The molecule has 0 spiro atoms. The van der Waals surface area contributed by atoms with Crippen molar-refractivity contribution in [3.05, 3.63) is 24.3 Å². The van der Waals surface area contributed by atoms with E-state index in [1.165, 1.54) is 0 Å². The van der Waals surface area contributed by atoms with Crippen LogP contribution in [-0.4, -0.2) is 21.3 Å². The summed E-state index contributed by atoms with van der Waals surface area (Å²) in [6, 6.07) is 2.30. The van der Waals surface area contributed by atoms with Crippen molar-refractivity contribution in [3.63, 3.8) is 0 Å². The molecule has 1 rings (SSSR count). The lowest BCUT2D eigenvalue weighted by Crippen LogP contribution is -2.35. The van der Waals surface area contributed by atoms with Gasteiger partial charge in [-0.2, -0.15) is 0 Å². The number of hydrogen-bond donors (Lipinski definition) is 1. The van der Waals surface area contributed by atoms with Crippen LogP contribution in [0.3, 0.4) is 0 Å². The highest BCUT2D eigenvalue weighted by Crippen LogP contribution is 2.05. The Kier molecular flexibility index (Phi) is 5.04. The summed E-state index contributed by atoms with van der Waals surface area (Å²) >= 11 is 3.49. The largest absolute Gasteiger partial charge is 0.306 e. The molecule has 1 unspecified atom stereocenters. The summed E-state index contributed by atoms with van der Waals surface area (Å²) in [5, 5.41) is 4.37. The fraction of sp³-hybridized carbons (Fsp3) is 0.600. The van der Waals surface area contributed by atoms with E-state index >= 15 is 0 Å². The number of halogens is 1. The van der Waals surface area contributed by atoms with Crippen LogP contribution in [0.4, 0.5) is 0 Å². The molecule has 0 aromatic carbocycles. The summed E-state index contributed by atoms with van der Waals surface area (Å²) in [7, 11) is 0. The number of alkyl halides is 1. The minimum absolute atomic E-state index is 0.471. The van der Waals surface area contributed by atoms with Gasteiger partial charge in [0.1, 0.15) is 5.82 Å². The van der Waals surface area contributed by atoms with Gasteiger partial charge >= 0.3 is 0 Å². The van der Waals surface area contributed by atoms with Crippen molar-refractivity contribution < 1.29 is 0 Å². The van der Waals surface area contributed by atoms with Gasteiger partial charge in [0, 0.05) is 23.8 Å². The first-order valence-corrected chi connectivity index (χ1v) is 5.91. The van der Waals surface area contributed by atoms with E-state index < -0.39 is 0 Å². The fourth-order valence-electron chi connectivity index (χ4n) is 1.11. The van der Waals surface area contributed by atoms with E-state index in [2.05, 4.69) is 45.1 Å². The summed E-state index contributed by atoms with van der Waals surface area (Å²) in [5.74, 6) is 1.46. The molecule has 14 heavy (non-hydrogen) atoms. The van der Waals surface area contributed by atoms with Crippen LogP contribution in [0.25, 0.3) is 0 Å². The van der Waals surface area contributed by atoms with Crippen molar-refractivity contribution in [2.75, 3.05) is 5.33 Å². The van der Waals surface area contributed by atoms with E-state index in [-0.39, 0.29) is 0 Å². The van der Waals surface area contributed by atoms with Crippen LogP contribution < -0.4 is 5.32 Å². The van der Waals surface area contributed by atoms with E-state index in [0.29, 0.717) is 12.0 Å². The lowest BCUT2D eigenvalue weighted by molar-refractivity contribution is 0.429. The molecular weight excluding hydrogens is 242 g/mol. The maximum Gasteiger partial charge on any atom is 0.141 e. The molecule has 3 nitrogen and oxygen atoms in total. The lowest BCUT2D eigenvalue weighted by Gasteiger charge is -2.19. The predicted molar refractivity (Wildman–Crippen MR) is 61.3 cm³/mol. The summed E-state index contributed by atoms with van der Waals surface area (Å²) < 4.78 is 0. The summed E-state index contributed by atoms with van der Waals surface area (Å²) in [5.41, 5.74) is 0. The van der Waals surface area contributed by atoms with Crippen molar-refractivity contribution in [1.29, 1.82) is 0 Å². The second kappa shape index (κ2) is 6.09. The van der Waals surface area contributed by atoms with Gasteiger partial charge in [-0.1, -0.05) is 29.8 Å². The third-order valence-electron chi connectivity index (χ3n) is 2.11. The minimum atomic E-state index is 0.471. The summed E-state index contributed by atoms with van der Waals surface area (Å²) in [6.45, 7) is 5.13. The third kappa shape index (κ3) is 3.72. The number of rotatable bonds is 5. The monoisotopic (exact) mass is 257 g/mol. The minimum Gasteiger partial charge on any atom is -0.306 e. The molecule has 0 saturated carbocycles. The van der Waals surface area contributed by atoms with Crippen molar-refractivity contribution in [1.82, 2.24) is 15.3 Å².